The zero-order valence-corrected chi connectivity index (χ0v) is 14.6. The van der Waals surface area contributed by atoms with Gasteiger partial charge in [0.15, 0.2) is 5.13 Å². The number of carbonyl (C=O) groups excluding carboxylic acids is 1. The number of halogens is 1. The third-order valence-corrected chi connectivity index (χ3v) is 5.15. The molecule has 0 N–H and O–H groups in total. The number of hydrogen-bond donors (Lipinski definition) is 0. The van der Waals surface area contributed by atoms with Gasteiger partial charge in [-0.25, -0.2) is 4.98 Å². The molecule has 4 nitrogen and oxygen atoms in total. The molecule has 4 rings (SSSR count). The van der Waals surface area contributed by atoms with Gasteiger partial charge in [0, 0.05) is 0 Å². The van der Waals surface area contributed by atoms with Gasteiger partial charge in [-0.15, -0.1) is 0 Å². The van der Waals surface area contributed by atoms with Crippen LogP contribution in [0.3, 0.4) is 0 Å². The predicted molar refractivity (Wildman–Crippen MR) is 100 cm³/mol. The Morgan fingerprint density at radius 3 is 2.64 bits per heavy atom. The Morgan fingerprint density at radius 2 is 1.88 bits per heavy atom. The summed E-state index contributed by atoms with van der Waals surface area (Å²) in [5.41, 5.74) is 1.30. The highest BCUT2D eigenvalue weighted by molar-refractivity contribution is 7.22. The van der Waals surface area contributed by atoms with E-state index in [0.717, 1.165) is 10.2 Å². The Kier molecular flexibility index (Phi) is 4.26. The highest BCUT2D eigenvalue weighted by Crippen LogP contribution is 2.31. The molecule has 0 unspecified atom stereocenters. The molecule has 124 valence electrons. The van der Waals surface area contributed by atoms with Crippen LogP contribution in [0.4, 0.5) is 5.13 Å². The van der Waals surface area contributed by atoms with Crippen LogP contribution < -0.4 is 4.90 Å². The molecule has 0 atom stereocenters. The molecule has 2 aromatic carbocycles. The molecule has 0 aliphatic heterocycles. The highest BCUT2D eigenvalue weighted by Gasteiger charge is 2.24. The fraction of sp³-hybridized carbons (Fsp3) is 0.0526. The van der Waals surface area contributed by atoms with Crippen molar-refractivity contribution in [1.82, 2.24) is 4.98 Å². The Hall–Kier alpha value is -2.63. The minimum atomic E-state index is -0.207. The van der Waals surface area contributed by atoms with E-state index in [9.17, 15) is 4.79 Å². The lowest BCUT2D eigenvalue weighted by Gasteiger charge is -2.19. The summed E-state index contributed by atoms with van der Waals surface area (Å²) in [5, 5.41) is 1.03. The second kappa shape index (κ2) is 6.70. The molecule has 0 bridgehead atoms. The number of rotatable bonds is 4. The van der Waals surface area contributed by atoms with Gasteiger partial charge in [0.05, 0.1) is 33.6 Å². The van der Waals surface area contributed by atoms with Gasteiger partial charge in [0.25, 0.3) is 5.91 Å². The molecule has 6 heteroatoms. The van der Waals surface area contributed by atoms with Crippen molar-refractivity contribution in [2.75, 3.05) is 4.90 Å². The summed E-state index contributed by atoms with van der Waals surface area (Å²) in [4.78, 5) is 19.3. The molecule has 0 fully saturated rings. The lowest BCUT2D eigenvalue weighted by atomic mass is 10.2. The number of amides is 1. The van der Waals surface area contributed by atoms with Crippen LogP contribution in [0.15, 0.2) is 71.3 Å². The first kappa shape index (κ1) is 15.9. The predicted octanol–water partition coefficient (Wildman–Crippen LogP) is 5.39. The Bertz CT molecular complexity index is 994. The fourth-order valence-corrected chi connectivity index (χ4v) is 3.72. The van der Waals surface area contributed by atoms with Crippen LogP contribution in [0, 0.1) is 0 Å². The van der Waals surface area contributed by atoms with E-state index < -0.39 is 0 Å². The van der Waals surface area contributed by atoms with E-state index >= 15 is 0 Å². The van der Waals surface area contributed by atoms with E-state index in [1.807, 2.05) is 30.3 Å². The zero-order valence-electron chi connectivity index (χ0n) is 13.1. The number of hydrogen-bond acceptors (Lipinski definition) is 4. The Balaban J connectivity index is 1.78. The van der Waals surface area contributed by atoms with Crippen LogP contribution in [0.2, 0.25) is 5.02 Å². The summed E-state index contributed by atoms with van der Waals surface area (Å²) in [6.45, 7) is 0.289. The average Bonchev–Trinajstić information content (AvgIpc) is 3.28. The van der Waals surface area contributed by atoms with Crippen LogP contribution in [-0.2, 0) is 6.54 Å². The highest BCUT2D eigenvalue weighted by atomic mass is 35.5. The second-order valence-corrected chi connectivity index (χ2v) is 6.83. The number of anilines is 1. The molecule has 25 heavy (non-hydrogen) atoms. The van der Waals surface area contributed by atoms with Crippen molar-refractivity contribution in [2.24, 2.45) is 0 Å². The van der Waals surface area contributed by atoms with Crippen molar-refractivity contribution in [2.45, 2.75) is 6.54 Å². The Labute approximate surface area is 153 Å². The molecule has 2 heterocycles. The maximum atomic E-state index is 13.1. The third kappa shape index (κ3) is 3.16. The van der Waals surface area contributed by atoms with E-state index in [1.54, 1.807) is 41.5 Å². The van der Waals surface area contributed by atoms with Crippen molar-refractivity contribution in [3.63, 3.8) is 0 Å². The second-order valence-electron chi connectivity index (χ2n) is 5.41. The molecular formula is C19H13ClN2O2S. The van der Waals surface area contributed by atoms with E-state index in [4.69, 9.17) is 16.0 Å². The van der Waals surface area contributed by atoms with Crippen LogP contribution >= 0.6 is 22.9 Å². The number of furan rings is 1. The number of benzene rings is 2. The molecule has 0 aliphatic rings. The smallest absolute Gasteiger partial charge is 0.262 e. The van der Waals surface area contributed by atoms with E-state index in [1.165, 1.54) is 11.3 Å². The van der Waals surface area contributed by atoms with Gasteiger partial charge in [-0.1, -0.05) is 47.2 Å². The quantitative estimate of drug-likeness (QED) is 0.485. The van der Waals surface area contributed by atoms with Crippen LogP contribution in [-0.4, -0.2) is 10.9 Å². The average molecular weight is 369 g/mol. The summed E-state index contributed by atoms with van der Waals surface area (Å²) in [5.74, 6) is 0.473. The lowest BCUT2D eigenvalue weighted by molar-refractivity contribution is 0.0983. The number of thiazole rings is 1. The van der Waals surface area contributed by atoms with Gasteiger partial charge in [0.1, 0.15) is 5.76 Å². The van der Waals surface area contributed by atoms with E-state index in [-0.39, 0.29) is 12.5 Å². The molecule has 4 aromatic rings. The number of nitrogens with zero attached hydrogens (tertiary/aromatic N) is 2. The SMILES string of the molecule is O=C(c1ccccc1Cl)N(Cc1ccco1)c1nc2ccccc2s1. The summed E-state index contributed by atoms with van der Waals surface area (Å²) < 4.78 is 6.45. The minimum absolute atomic E-state index is 0.207. The van der Waals surface area contributed by atoms with Crippen LogP contribution in [0.25, 0.3) is 10.2 Å². The molecule has 2 aromatic heterocycles. The van der Waals surface area contributed by atoms with Gasteiger partial charge in [0.2, 0.25) is 0 Å². The van der Waals surface area contributed by atoms with Crippen LogP contribution in [0.5, 0.6) is 0 Å². The fourth-order valence-electron chi connectivity index (χ4n) is 2.54. The maximum absolute atomic E-state index is 13.1. The van der Waals surface area contributed by atoms with Gasteiger partial charge in [-0.3, -0.25) is 9.69 Å². The van der Waals surface area contributed by atoms with Gasteiger partial charge < -0.3 is 4.42 Å². The van der Waals surface area contributed by atoms with Crippen molar-refractivity contribution < 1.29 is 9.21 Å². The van der Waals surface area contributed by atoms with Gasteiger partial charge in [-0.2, -0.15) is 0 Å². The summed E-state index contributed by atoms with van der Waals surface area (Å²) in [7, 11) is 0. The van der Waals surface area contributed by atoms with E-state index in [0.29, 0.717) is 21.5 Å². The molecule has 1 amide bonds. The number of fused-ring (bicyclic) bond motifs is 1. The third-order valence-electron chi connectivity index (χ3n) is 3.76. The zero-order chi connectivity index (χ0) is 17.2. The first-order valence-electron chi connectivity index (χ1n) is 7.67. The molecule has 0 radical (unpaired) electrons. The molecule has 0 spiro atoms. The van der Waals surface area contributed by atoms with Crippen LogP contribution in [0.1, 0.15) is 16.1 Å². The van der Waals surface area contributed by atoms with Crippen molar-refractivity contribution >= 4 is 44.2 Å². The lowest BCUT2D eigenvalue weighted by Crippen LogP contribution is -2.30. The maximum Gasteiger partial charge on any atom is 0.262 e. The first-order chi connectivity index (χ1) is 12.2. The topological polar surface area (TPSA) is 46.3 Å². The van der Waals surface area contributed by atoms with Crippen molar-refractivity contribution in [3.8, 4) is 0 Å². The van der Waals surface area contributed by atoms with Gasteiger partial charge >= 0.3 is 0 Å². The molecule has 0 aliphatic carbocycles. The summed E-state index contributed by atoms with van der Waals surface area (Å²) >= 11 is 7.69. The largest absolute Gasteiger partial charge is 0.467 e. The van der Waals surface area contributed by atoms with Gasteiger partial charge in [-0.05, 0) is 36.4 Å². The normalized spacial score (nSPS) is 10.9. The monoisotopic (exact) mass is 368 g/mol. The minimum Gasteiger partial charge on any atom is -0.467 e. The molecular weight excluding hydrogens is 356 g/mol. The molecule has 0 saturated carbocycles. The van der Waals surface area contributed by atoms with Crippen molar-refractivity contribution in [1.29, 1.82) is 0 Å². The standard InChI is InChI=1S/C19H13ClN2O2S/c20-15-8-2-1-7-14(15)18(23)22(12-13-6-5-11-24-13)19-21-16-9-3-4-10-17(16)25-19/h1-11H,12H2. The number of aromatic nitrogens is 1. The Morgan fingerprint density at radius 1 is 1.08 bits per heavy atom. The molecule has 0 saturated heterocycles. The summed E-state index contributed by atoms with van der Waals surface area (Å²) in [6, 6.07) is 18.4. The van der Waals surface area contributed by atoms with Crippen molar-refractivity contribution in [3.05, 3.63) is 83.3 Å². The first-order valence-corrected chi connectivity index (χ1v) is 8.86. The number of carbonyl (C=O) groups is 1. The summed E-state index contributed by atoms with van der Waals surface area (Å²) in [6.07, 6.45) is 1.59. The number of para-hydroxylation sites is 1. The van der Waals surface area contributed by atoms with E-state index in [2.05, 4.69) is 4.98 Å².